The number of hydrogen-bond acceptors (Lipinski definition) is 5. The van der Waals surface area contributed by atoms with Gasteiger partial charge in [-0.2, -0.15) is 0 Å². The summed E-state index contributed by atoms with van der Waals surface area (Å²) in [7, 11) is 3.17. The second-order valence-electron chi connectivity index (χ2n) is 7.54. The maximum Gasteiger partial charge on any atom is 0.225 e. The van der Waals surface area contributed by atoms with Gasteiger partial charge in [-0.1, -0.05) is 31.1 Å². The quantitative estimate of drug-likeness (QED) is 0.655. The van der Waals surface area contributed by atoms with Gasteiger partial charge in [0, 0.05) is 24.4 Å². The van der Waals surface area contributed by atoms with E-state index in [9.17, 15) is 9.18 Å². The number of ether oxygens (including phenoxy) is 2. The molecule has 0 bridgehead atoms. The van der Waals surface area contributed by atoms with Gasteiger partial charge in [-0.3, -0.25) is 4.79 Å². The molecular formula is C23H27FN2O4. The lowest BCUT2D eigenvalue weighted by Gasteiger charge is -2.26. The highest BCUT2D eigenvalue weighted by Crippen LogP contribution is 2.29. The SMILES string of the molecule is COc1ccc(C2=NOC(CN(Cc3cccc(F)c3)C(=O)C(C)C)C2)cc1OC. The zero-order chi connectivity index (χ0) is 21.7. The van der Waals surface area contributed by atoms with Gasteiger partial charge in [0.05, 0.1) is 26.5 Å². The molecule has 1 heterocycles. The van der Waals surface area contributed by atoms with Gasteiger partial charge in [-0.15, -0.1) is 0 Å². The van der Waals surface area contributed by atoms with E-state index in [4.69, 9.17) is 14.3 Å². The Hall–Kier alpha value is -3.09. The molecule has 2 aromatic rings. The number of amides is 1. The molecule has 0 saturated carbocycles. The molecule has 0 N–H and O–H groups in total. The third-order valence-electron chi connectivity index (χ3n) is 4.94. The highest BCUT2D eigenvalue weighted by atomic mass is 19.1. The van der Waals surface area contributed by atoms with Gasteiger partial charge in [0.1, 0.15) is 5.82 Å². The van der Waals surface area contributed by atoms with Gasteiger partial charge in [-0.25, -0.2) is 4.39 Å². The Labute approximate surface area is 176 Å². The van der Waals surface area contributed by atoms with Crippen LogP contribution in [0.5, 0.6) is 11.5 Å². The van der Waals surface area contributed by atoms with Crippen molar-refractivity contribution in [3.8, 4) is 11.5 Å². The van der Waals surface area contributed by atoms with Crippen LogP contribution in [0.4, 0.5) is 4.39 Å². The molecule has 0 radical (unpaired) electrons. The topological polar surface area (TPSA) is 60.4 Å². The van der Waals surface area contributed by atoms with Gasteiger partial charge in [0.15, 0.2) is 17.6 Å². The highest BCUT2D eigenvalue weighted by Gasteiger charge is 2.28. The number of carbonyl (C=O) groups is 1. The fourth-order valence-electron chi connectivity index (χ4n) is 3.41. The van der Waals surface area contributed by atoms with Gasteiger partial charge >= 0.3 is 0 Å². The van der Waals surface area contributed by atoms with Crippen LogP contribution in [0.3, 0.4) is 0 Å². The van der Waals surface area contributed by atoms with Crippen molar-refractivity contribution < 1.29 is 23.5 Å². The Morgan fingerprint density at radius 1 is 1.20 bits per heavy atom. The standard InChI is InChI=1S/C23H27FN2O4/c1-15(2)23(27)26(13-16-6-5-7-18(24)10-16)14-19-12-20(25-30-19)17-8-9-21(28-3)22(11-17)29-4/h5-11,15,19H,12-14H2,1-4H3. The second-order valence-corrected chi connectivity index (χ2v) is 7.54. The first kappa shape index (κ1) is 21.6. The van der Waals surface area contributed by atoms with Gasteiger partial charge < -0.3 is 19.2 Å². The number of carbonyl (C=O) groups excluding carboxylic acids is 1. The van der Waals surface area contributed by atoms with Gasteiger partial charge in [-0.05, 0) is 35.9 Å². The van der Waals surface area contributed by atoms with Crippen LogP contribution in [-0.2, 0) is 16.2 Å². The summed E-state index contributed by atoms with van der Waals surface area (Å²) < 4.78 is 24.2. The van der Waals surface area contributed by atoms with Gasteiger partial charge in [0.25, 0.3) is 0 Å². The molecule has 1 aliphatic rings. The summed E-state index contributed by atoms with van der Waals surface area (Å²) in [5, 5.41) is 4.22. The van der Waals surface area contributed by atoms with Crippen LogP contribution >= 0.6 is 0 Å². The van der Waals surface area contributed by atoms with Crippen molar-refractivity contribution >= 4 is 11.6 Å². The average molecular weight is 414 g/mol. The Morgan fingerprint density at radius 3 is 2.63 bits per heavy atom. The maximum absolute atomic E-state index is 13.6. The van der Waals surface area contributed by atoms with Crippen molar-refractivity contribution in [3.05, 3.63) is 59.4 Å². The highest BCUT2D eigenvalue weighted by molar-refractivity contribution is 6.01. The second kappa shape index (κ2) is 9.61. The van der Waals surface area contributed by atoms with Crippen LogP contribution in [0, 0.1) is 11.7 Å². The minimum Gasteiger partial charge on any atom is -0.493 e. The van der Waals surface area contributed by atoms with Crippen LogP contribution in [0.1, 0.15) is 31.4 Å². The molecule has 0 saturated heterocycles. The Bertz CT molecular complexity index is 929. The average Bonchev–Trinajstić information content (AvgIpc) is 3.20. The van der Waals surface area contributed by atoms with Crippen LogP contribution in [0.25, 0.3) is 0 Å². The summed E-state index contributed by atoms with van der Waals surface area (Å²) in [6.45, 7) is 4.39. The molecule has 6 nitrogen and oxygen atoms in total. The summed E-state index contributed by atoms with van der Waals surface area (Å²) in [4.78, 5) is 20.1. The molecule has 160 valence electrons. The van der Waals surface area contributed by atoms with E-state index in [1.54, 1.807) is 25.2 Å². The lowest BCUT2D eigenvalue weighted by Crippen LogP contribution is -2.39. The molecule has 1 atom stereocenters. The lowest BCUT2D eigenvalue weighted by molar-refractivity contribution is -0.137. The minimum absolute atomic E-state index is 0.0116. The molecule has 0 fully saturated rings. The molecule has 3 rings (SSSR count). The molecular weight excluding hydrogens is 387 g/mol. The van der Waals surface area contributed by atoms with Crippen molar-refractivity contribution in [2.75, 3.05) is 20.8 Å². The van der Waals surface area contributed by atoms with E-state index in [0.29, 0.717) is 31.0 Å². The Morgan fingerprint density at radius 2 is 1.97 bits per heavy atom. The molecule has 1 amide bonds. The predicted octanol–water partition coefficient (Wildman–Crippen LogP) is 4.02. The van der Waals surface area contributed by atoms with Crippen LogP contribution < -0.4 is 9.47 Å². The Balaban J connectivity index is 1.70. The molecule has 1 unspecified atom stereocenters. The Kier molecular flexibility index (Phi) is 6.92. The zero-order valence-electron chi connectivity index (χ0n) is 17.7. The summed E-state index contributed by atoms with van der Waals surface area (Å²) in [6.07, 6.45) is 0.282. The number of methoxy groups -OCH3 is 2. The maximum atomic E-state index is 13.6. The largest absolute Gasteiger partial charge is 0.493 e. The van der Waals surface area contributed by atoms with Crippen LogP contribution in [0.2, 0.25) is 0 Å². The predicted molar refractivity (Wildman–Crippen MR) is 112 cm³/mol. The van der Waals surface area contributed by atoms with Crippen molar-refractivity contribution in [3.63, 3.8) is 0 Å². The molecule has 0 aliphatic carbocycles. The number of halogens is 1. The molecule has 7 heteroatoms. The van der Waals surface area contributed by atoms with Crippen molar-refractivity contribution in [2.24, 2.45) is 11.1 Å². The van der Waals surface area contributed by atoms with Crippen molar-refractivity contribution in [1.29, 1.82) is 0 Å². The number of hydrogen-bond donors (Lipinski definition) is 0. The van der Waals surface area contributed by atoms with E-state index >= 15 is 0 Å². The third kappa shape index (κ3) is 5.09. The number of oxime groups is 1. The number of nitrogens with zero attached hydrogens (tertiary/aromatic N) is 2. The van der Waals surface area contributed by atoms with E-state index in [1.807, 2.05) is 38.1 Å². The molecule has 30 heavy (non-hydrogen) atoms. The van der Waals surface area contributed by atoms with E-state index in [1.165, 1.54) is 12.1 Å². The van der Waals surface area contributed by atoms with E-state index in [0.717, 1.165) is 16.8 Å². The zero-order valence-corrected chi connectivity index (χ0v) is 17.7. The summed E-state index contributed by atoms with van der Waals surface area (Å²) in [6, 6.07) is 11.9. The van der Waals surface area contributed by atoms with Crippen LogP contribution in [0.15, 0.2) is 47.6 Å². The first-order valence-electron chi connectivity index (χ1n) is 9.89. The third-order valence-corrected chi connectivity index (χ3v) is 4.94. The molecule has 0 spiro atoms. The fourth-order valence-corrected chi connectivity index (χ4v) is 3.41. The fraction of sp³-hybridized carbons (Fsp3) is 0.391. The van der Waals surface area contributed by atoms with Crippen molar-refractivity contribution in [1.82, 2.24) is 4.90 Å². The monoisotopic (exact) mass is 414 g/mol. The van der Waals surface area contributed by atoms with E-state index < -0.39 is 0 Å². The van der Waals surface area contributed by atoms with E-state index in [2.05, 4.69) is 5.16 Å². The summed E-state index contributed by atoms with van der Waals surface area (Å²) in [5.74, 6) is 0.749. The molecule has 2 aromatic carbocycles. The number of benzene rings is 2. The van der Waals surface area contributed by atoms with Gasteiger partial charge in [0.2, 0.25) is 5.91 Å². The normalized spacial score (nSPS) is 15.5. The number of rotatable bonds is 8. The first-order valence-corrected chi connectivity index (χ1v) is 9.89. The summed E-state index contributed by atoms with van der Waals surface area (Å²) in [5.41, 5.74) is 2.40. The smallest absolute Gasteiger partial charge is 0.225 e. The summed E-state index contributed by atoms with van der Waals surface area (Å²) >= 11 is 0. The lowest BCUT2D eigenvalue weighted by atomic mass is 10.0. The van der Waals surface area contributed by atoms with E-state index in [-0.39, 0.29) is 23.7 Å². The molecule has 0 aromatic heterocycles. The molecule has 1 aliphatic heterocycles. The van der Waals surface area contributed by atoms with Crippen molar-refractivity contribution in [2.45, 2.75) is 32.9 Å². The van der Waals surface area contributed by atoms with Crippen LogP contribution in [-0.4, -0.2) is 43.4 Å². The first-order chi connectivity index (χ1) is 14.4. The minimum atomic E-state index is -0.319.